The lowest BCUT2D eigenvalue weighted by atomic mass is 9.81. The summed E-state index contributed by atoms with van der Waals surface area (Å²) < 4.78 is 9.19. The van der Waals surface area contributed by atoms with Gasteiger partial charge in [-0.05, 0) is 105 Å². The predicted octanol–water partition coefficient (Wildman–Crippen LogP) is 13.5. The van der Waals surface area contributed by atoms with Crippen LogP contribution in [0.15, 0.2) is 158 Å². The van der Waals surface area contributed by atoms with Crippen LogP contribution < -0.4 is 9.64 Å². The van der Waals surface area contributed by atoms with E-state index in [-0.39, 0.29) is 10.8 Å². The van der Waals surface area contributed by atoms with Crippen LogP contribution in [-0.4, -0.2) is 4.57 Å². The van der Waals surface area contributed by atoms with Gasteiger partial charge >= 0.3 is 0 Å². The number of ether oxygens (including phenoxy) is 1. The summed E-state index contributed by atoms with van der Waals surface area (Å²) in [5, 5.41) is 1.29. The molecular weight excluding hydrogens is 645 g/mol. The Morgan fingerprint density at radius 3 is 1.92 bits per heavy atom. The molecule has 2 heterocycles. The fourth-order valence-electron chi connectivity index (χ4n) is 9.62. The maximum absolute atomic E-state index is 6.73. The highest BCUT2D eigenvalue weighted by Gasteiger charge is 2.41. The summed E-state index contributed by atoms with van der Waals surface area (Å²) in [6.45, 7) is 9.43. The monoisotopic (exact) mass is 682 g/mol. The molecule has 0 radical (unpaired) electrons. The van der Waals surface area contributed by atoms with Crippen molar-refractivity contribution < 1.29 is 4.74 Å². The zero-order valence-electron chi connectivity index (χ0n) is 30.3. The molecule has 11 rings (SSSR count). The quantitative estimate of drug-likeness (QED) is 0.185. The van der Waals surface area contributed by atoms with Crippen molar-refractivity contribution in [1.82, 2.24) is 4.57 Å². The first-order valence-electron chi connectivity index (χ1n) is 18.6. The van der Waals surface area contributed by atoms with E-state index in [1.54, 1.807) is 0 Å². The summed E-state index contributed by atoms with van der Waals surface area (Å²) in [6.07, 6.45) is 0. The molecule has 7 aromatic carbocycles. The number of anilines is 3. The van der Waals surface area contributed by atoms with Gasteiger partial charge in [-0.3, -0.25) is 0 Å². The summed E-state index contributed by atoms with van der Waals surface area (Å²) in [5.74, 6) is 1.71. The SMILES string of the molecule is CC1(C)c2ccccc2-c2ccc(N3c4ccccc4Oc4cc(-c5ccc6c(c5)c5c(n6-c6ccccc6)-c6ccccc6C5(C)C)ccc43)cc21. The van der Waals surface area contributed by atoms with Gasteiger partial charge < -0.3 is 14.2 Å². The number of hydrogen-bond donors (Lipinski definition) is 0. The molecule has 2 aliphatic carbocycles. The molecule has 3 aliphatic rings. The number of benzene rings is 7. The summed E-state index contributed by atoms with van der Waals surface area (Å²) in [4.78, 5) is 2.37. The van der Waals surface area contributed by atoms with E-state index in [9.17, 15) is 0 Å². The van der Waals surface area contributed by atoms with Gasteiger partial charge in [0.05, 0.1) is 22.6 Å². The van der Waals surface area contributed by atoms with Crippen molar-refractivity contribution in [1.29, 1.82) is 0 Å². The van der Waals surface area contributed by atoms with Gasteiger partial charge in [0.25, 0.3) is 0 Å². The lowest BCUT2D eigenvalue weighted by Gasteiger charge is -2.34. The molecule has 0 bridgehead atoms. The van der Waals surface area contributed by atoms with E-state index in [0.717, 1.165) is 34.1 Å². The summed E-state index contributed by atoms with van der Waals surface area (Å²) in [7, 11) is 0. The molecule has 0 amide bonds. The second-order valence-electron chi connectivity index (χ2n) is 15.8. The predicted molar refractivity (Wildman–Crippen MR) is 219 cm³/mol. The summed E-state index contributed by atoms with van der Waals surface area (Å²) in [6, 6.07) is 57.6. The van der Waals surface area contributed by atoms with E-state index in [4.69, 9.17) is 4.74 Å². The average molecular weight is 683 g/mol. The smallest absolute Gasteiger partial charge is 0.152 e. The Labute approximate surface area is 310 Å². The van der Waals surface area contributed by atoms with Crippen LogP contribution in [0.2, 0.25) is 0 Å². The number of nitrogens with zero attached hydrogens (tertiary/aromatic N) is 2. The molecule has 53 heavy (non-hydrogen) atoms. The number of hydrogen-bond acceptors (Lipinski definition) is 2. The fraction of sp³-hybridized carbons (Fsp3) is 0.120. The van der Waals surface area contributed by atoms with Gasteiger partial charge in [-0.2, -0.15) is 0 Å². The minimum Gasteiger partial charge on any atom is -0.453 e. The molecule has 254 valence electrons. The summed E-state index contributed by atoms with van der Waals surface area (Å²) in [5.41, 5.74) is 18.5. The van der Waals surface area contributed by atoms with Gasteiger partial charge in [-0.25, -0.2) is 0 Å². The standard InChI is InChI=1S/C50H38N2O/c1-49(2)39-18-10-8-16-35(39)36-25-24-34(30-41(36)49)51-43-20-12-13-21-45(43)53-46-29-32(23-27-44(46)51)31-22-26-42-38(28-31)47-48(52(42)33-14-6-5-7-15-33)37-17-9-11-19-40(37)50(47,3)4/h5-30H,1-4H3. The van der Waals surface area contributed by atoms with E-state index in [0.29, 0.717) is 0 Å². The fourth-order valence-corrected chi connectivity index (χ4v) is 9.62. The molecular formula is C50H38N2O. The van der Waals surface area contributed by atoms with Crippen LogP contribution in [0.3, 0.4) is 0 Å². The second-order valence-corrected chi connectivity index (χ2v) is 15.8. The number of para-hydroxylation sites is 3. The van der Waals surface area contributed by atoms with E-state index in [1.165, 1.54) is 66.8 Å². The highest BCUT2D eigenvalue weighted by molar-refractivity contribution is 6.01. The van der Waals surface area contributed by atoms with Gasteiger partial charge in [0, 0.05) is 33.2 Å². The number of fused-ring (bicyclic) bond motifs is 10. The van der Waals surface area contributed by atoms with E-state index < -0.39 is 0 Å². The number of aromatic nitrogens is 1. The van der Waals surface area contributed by atoms with Crippen molar-refractivity contribution >= 4 is 28.0 Å². The Hall–Kier alpha value is -6.32. The highest BCUT2D eigenvalue weighted by atomic mass is 16.5. The van der Waals surface area contributed by atoms with Crippen molar-refractivity contribution in [2.24, 2.45) is 0 Å². The minimum absolute atomic E-state index is 0.0886. The maximum atomic E-state index is 6.73. The molecule has 0 saturated carbocycles. The Bertz CT molecular complexity index is 2820. The molecule has 0 atom stereocenters. The Morgan fingerprint density at radius 1 is 0.453 bits per heavy atom. The average Bonchev–Trinajstić information content (AvgIpc) is 3.74. The van der Waals surface area contributed by atoms with Crippen LogP contribution >= 0.6 is 0 Å². The molecule has 3 nitrogen and oxygen atoms in total. The van der Waals surface area contributed by atoms with Crippen molar-refractivity contribution in [3.05, 3.63) is 180 Å². The molecule has 0 spiro atoms. The zero-order valence-corrected chi connectivity index (χ0v) is 30.3. The Balaban J connectivity index is 1.06. The molecule has 0 N–H and O–H groups in total. The van der Waals surface area contributed by atoms with E-state index >= 15 is 0 Å². The summed E-state index contributed by atoms with van der Waals surface area (Å²) >= 11 is 0. The first kappa shape index (κ1) is 30.3. The third kappa shape index (κ3) is 4.11. The molecule has 0 saturated heterocycles. The van der Waals surface area contributed by atoms with Crippen LogP contribution in [0.5, 0.6) is 11.5 Å². The second kappa shape index (κ2) is 10.6. The van der Waals surface area contributed by atoms with Gasteiger partial charge in [-0.15, -0.1) is 0 Å². The van der Waals surface area contributed by atoms with E-state index in [1.807, 2.05) is 0 Å². The molecule has 1 aliphatic heterocycles. The Morgan fingerprint density at radius 2 is 1.09 bits per heavy atom. The third-order valence-corrected chi connectivity index (χ3v) is 12.1. The van der Waals surface area contributed by atoms with Crippen molar-refractivity contribution in [2.45, 2.75) is 38.5 Å². The van der Waals surface area contributed by atoms with Gasteiger partial charge in [0.15, 0.2) is 11.5 Å². The lowest BCUT2D eigenvalue weighted by Crippen LogP contribution is -2.18. The lowest BCUT2D eigenvalue weighted by molar-refractivity contribution is 0.477. The number of rotatable bonds is 3. The third-order valence-electron chi connectivity index (χ3n) is 12.1. The van der Waals surface area contributed by atoms with Gasteiger partial charge in [-0.1, -0.05) is 125 Å². The van der Waals surface area contributed by atoms with Crippen LogP contribution in [-0.2, 0) is 10.8 Å². The van der Waals surface area contributed by atoms with Crippen molar-refractivity contribution in [3.63, 3.8) is 0 Å². The minimum atomic E-state index is -0.141. The van der Waals surface area contributed by atoms with Crippen molar-refractivity contribution in [2.75, 3.05) is 4.90 Å². The van der Waals surface area contributed by atoms with E-state index in [2.05, 4.69) is 195 Å². The Kier molecular flexibility index (Phi) is 6.07. The van der Waals surface area contributed by atoms with Crippen molar-refractivity contribution in [3.8, 4) is 50.7 Å². The van der Waals surface area contributed by atoms with Crippen LogP contribution in [0.1, 0.15) is 49.9 Å². The van der Waals surface area contributed by atoms with Crippen LogP contribution in [0, 0.1) is 0 Å². The first-order valence-corrected chi connectivity index (χ1v) is 18.6. The molecule has 0 unspecified atom stereocenters. The molecule has 1 aromatic heterocycles. The van der Waals surface area contributed by atoms with Crippen LogP contribution in [0.4, 0.5) is 17.1 Å². The molecule has 0 fully saturated rings. The van der Waals surface area contributed by atoms with Crippen LogP contribution in [0.25, 0.3) is 50.1 Å². The zero-order chi connectivity index (χ0) is 35.6. The largest absolute Gasteiger partial charge is 0.453 e. The first-order chi connectivity index (χ1) is 25.8. The molecule has 8 aromatic rings. The molecule has 3 heteroatoms. The maximum Gasteiger partial charge on any atom is 0.152 e. The normalized spacial score (nSPS) is 15.2. The van der Waals surface area contributed by atoms with Gasteiger partial charge in [0.2, 0.25) is 0 Å². The van der Waals surface area contributed by atoms with Gasteiger partial charge in [0.1, 0.15) is 0 Å². The topological polar surface area (TPSA) is 17.4 Å². The highest BCUT2D eigenvalue weighted by Crippen LogP contribution is 2.56.